The fourth-order valence-corrected chi connectivity index (χ4v) is 2.41. The number of carbonyl (C=O) groups is 1. The molecule has 0 aliphatic heterocycles. The standard InChI is InChI=1S/C16H18BrNO/c17-10-4-3-7-16(19)18-12-13-8-9-14-5-1-2-6-15(14)11-13/h1-2,5-6,8-9,11H,3-4,7,10,12H2,(H,18,19). The van der Waals surface area contributed by atoms with Gasteiger partial charge in [-0.05, 0) is 35.2 Å². The van der Waals surface area contributed by atoms with Crippen LogP contribution in [0.4, 0.5) is 0 Å². The molecule has 2 aromatic carbocycles. The number of hydrogen-bond donors (Lipinski definition) is 1. The van der Waals surface area contributed by atoms with E-state index in [4.69, 9.17) is 0 Å². The minimum atomic E-state index is 0.133. The van der Waals surface area contributed by atoms with Gasteiger partial charge in [0.05, 0.1) is 0 Å². The summed E-state index contributed by atoms with van der Waals surface area (Å²) >= 11 is 3.37. The maximum atomic E-state index is 11.6. The van der Waals surface area contributed by atoms with E-state index < -0.39 is 0 Å². The first-order chi connectivity index (χ1) is 9.29. The first-order valence-electron chi connectivity index (χ1n) is 6.60. The highest BCUT2D eigenvalue weighted by Crippen LogP contribution is 2.15. The third kappa shape index (κ3) is 4.35. The zero-order valence-electron chi connectivity index (χ0n) is 10.9. The van der Waals surface area contributed by atoms with Gasteiger partial charge in [0.1, 0.15) is 0 Å². The van der Waals surface area contributed by atoms with Crippen LogP contribution in [0.5, 0.6) is 0 Å². The fourth-order valence-electron chi connectivity index (χ4n) is 2.02. The van der Waals surface area contributed by atoms with Crippen LogP contribution in [-0.2, 0) is 11.3 Å². The predicted molar refractivity (Wildman–Crippen MR) is 83.4 cm³/mol. The summed E-state index contributed by atoms with van der Waals surface area (Å²) in [6.45, 7) is 0.609. The largest absolute Gasteiger partial charge is 0.352 e. The molecule has 0 aromatic heterocycles. The van der Waals surface area contributed by atoms with Gasteiger partial charge in [0.2, 0.25) is 5.91 Å². The fraction of sp³-hybridized carbons (Fsp3) is 0.312. The summed E-state index contributed by atoms with van der Waals surface area (Å²) in [6.07, 6.45) is 2.59. The molecule has 0 radical (unpaired) electrons. The summed E-state index contributed by atoms with van der Waals surface area (Å²) in [4.78, 5) is 11.6. The smallest absolute Gasteiger partial charge is 0.220 e. The average molecular weight is 320 g/mol. The maximum Gasteiger partial charge on any atom is 0.220 e. The van der Waals surface area contributed by atoms with Gasteiger partial charge in [0.25, 0.3) is 0 Å². The summed E-state index contributed by atoms with van der Waals surface area (Å²) in [7, 11) is 0. The highest BCUT2D eigenvalue weighted by atomic mass is 79.9. The highest BCUT2D eigenvalue weighted by Gasteiger charge is 2.01. The molecule has 0 aliphatic carbocycles. The Hall–Kier alpha value is -1.35. The van der Waals surface area contributed by atoms with Crippen LogP contribution in [0.2, 0.25) is 0 Å². The van der Waals surface area contributed by atoms with E-state index in [1.165, 1.54) is 10.8 Å². The van der Waals surface area contributed by atoms with E-state index in [1.807, 2.05) is 12.1 Å². The van der Waals surface area contributed by atoms with Crippen LogP contribution in [0.15, 0.2) is 42.5 Å². The van der Waals surface area contributed by atoms with Gasteiger partial charge in [0.15, 0.2) is 0 Å². The summed E-state index contributed by atoms with van der Waals surface area (Å²) in [5.41, 5.74) is 1.15. The van der Waals surface area contributed by atoms with E-state index in [0.29, 0.717) is 13.0 Å². The van der Waals surface area contributed by atoms with E-state index >= 15 is 0 Å². The Balaban J connectivity index is 1.89. The molecule has 19 heavy (non-hydrogen) atoms. The van der Waals surface area contributed by atoms with E-state index in [2.05, 4.69) is 51.6 Å². The van der Waals surface area contributed by atoms with E-state index in [-0.39, 0.29) is 5.91 Å². The Morgan fingerprint density at radius 1 is 1.05 bits per heavy atom. The molecule has 0 aliphatic rings. The number of hydrogen-bond acceptors (Lipinski definition) is 1. The third-order valence-electron chi connectivity index (χ3n) is 3.09. The maximum absolute atomic E-state index is 11.6. The topological polar surface area (TPSA) is 29.1 Å². The number of benzene rings is 2. The Kier molecular flexibility index (Phi) is 5.40. The number of carbonyl (C=O) groups excluding carboxylic acids is 1. The van der Waals surface area contributed by atoms with Crippen molar-refractivity contribution in [2.75, 3.05) is 5.33 Å². The van der Waals surface area contributed by atoms with Crippen LogP contribution in [-0.4, -0.2) is 11.2 Å². The SMILES string of the molecule is O=C(CCCCBr)NCc1ccc2ccccc2c1. The van der Waals surface area contributed by atoms with Crippen molar-refractivity contribution in [3.63, 3.8) is 0 Å². The van der Waals surface area contributed by atoms with Crippen molar-refractivity contribution in [2.45, 2.75) is 25.8 Å². The molecule has 2 nitrogen and oxygen atoms in total. The molecule has 2 aromatic rings. The van der Waals surface area contributed by atoms with Gasteiger partial charge in [-0.3, -0.25) is 4.79 Å². The predicted octanol–water partition coefficient (Wildman–Crippen LogP) is 4.02. The monoisotopic (exact) mass is 319 g/mol. The van der Waals surface area contributed by atoms with Crippen LogP contribution < -0.4 is 5.32 Å². The molecule has 2 rings (SSSR count). The van der Waals surface area contributed by atoms with Crippen LogP contribution in [0.1, 0.15) is 24.8 Å². The molecular weight excluding hydrogens is 302 g/mol. The van der Waals surface area contributed by atoms with Gasteiger partial charge >= 0.3 is 0 Å². The molecule has 0 saturated carbocycles. The molecular formula is C16H18BrNO. The second kappa shape index (κ2) is 7.29. The van der Waals surface area contributed by atoms with Crippen molar-refractivity contribution < 1.29 is 4.79 Å². The minimum Gasteiger partial charge on any atom is -0.352 e. The summed E-state index contributed by atoms with van der Waals surface area (Å²) < 4.78 is 0. The van der Waals surface area contributed by atoms with Gasteiger partial charge < -0.3 is 5.32 Å². The number of unbranched alkanes of at least 4 members (excludes halogenated alkanes) is 1. The lowest BCUT2D eigenvalue weighted by molar-refractivity contribution is -0.121. The number of alkyl halides is 1. The van der Waals surface area contributed by atoms with Crippen LogP contribution in [0, 0.1) is 0 Å². The molecule has 1 amide bonds. The van der Waals surface area contributed by atoms with E-state index in [0.717, 1.165) is 23.7 Å². The molecule has 0 saturated heterocycles. The number of nitrogens with one attached hydrogen (secondary N) is 1. The molecule has 100 valence electrons. The zero-order chi connectivity index (χ0) is 13.5. The van der Waals surface area contributed by atoms with Gasteiger partial charge in [-0.2, -0.15) is 0 Å². The van der Waals surface area contributed by atoms with Crippen LogP contribution >= 0.6 is 15.9 Å². The second-order valence-electron chi connectivity index (χ2n) is 4.60. The Bertz CT molecular complexity index is 553. The van der Waals surface area contributed by atoms with Crippen molar-refractivity contribution in [2.24, 2.45) is 0 Å². The lowest BCUT2D eigenvalue weighted by Crippen LogP contribution is -2.22. The Morgan fingerprint density at radius 2 is 1.84 bits per heavy atom. The third-order valence-corrected chi connectivity index (χ3v) is 3.65. The minimum absolute atomic E-state index is 0.133. The first kappa shape index (κ1) is 14.1. The molecule has 0 bridgehead atoms. The lowest BCUT2D eigenvalue weighted by atomic mass is 10.1. The molecule has 0 heterocycles. The quantitative estimate of drug-likeness (QED) is 0.632. The second-order valence-corrected chi connectivity index (χ2v) is 5.40. The molecule has 0 spiro atoms. The summed E-state index contributed by atoms with van der Waals surface area (Å²) in [5.74, 6) is 0.133. The van der Waals surface area contributed by atoms with Gasteiger partial charge in [-0.25, -0.2) is 0 Å². The Morgan fingerprint density at radius 3 is 2.63 bits per heavy atom. The molecule has 0 unspecified atom stereocenters. The zero-order valence-corrected chi connectivity index (χ0v) is 12.4. The van der Waals surface area contributed by atoms with Crippen molar-refractivity contribution in [3.05, 3.63) is 48.0 Å². The Labute approximate surface area is 122 Å². The number of halogens is 1. The highest BCUT2D eigenvalue weighted by molar-refractivity contribution is 9.09. The van der Waals surface area contributed by atoms with E-state index in [9.17, 15) is 4.79 Å². The van der Waals surface area contributed by atoms with Crippen molar-refractivity contribution >= 4 is 32.6 Å². The van der Waals surface area contributed by atoms with E-state index in [1.54, 1.807) is 0 Å². The number of fused-ring (bicyclic) bond motifs is 1. The van der Waals surface area contributed by atoms with Crippen LogP contribution in [0.25, 0.3) is 10.8 Å². The molecule has 0 atom stereocenters. The van der Waals surface area contributed by atoms with Gasteiger partial charge in [-0.1, -0.05) is 52.3 Å². The molecule has 3 heteroatoms. The summed E-state index contributed by atoms with van der Waals surface area (Å²) in [5, 5.41) is 6.38. The van der Waals surface area contributed by atoms with Crippen molar-refractivity contribution in [3.8, 4) is 0 Å². The average Bonchev–Trinajstić information content (AvgIpc) is 2.45. The van der Waals surface area contributed by atoms with Gasteiger partial charge in [0, 0.05) is 18.3 Å². The number of rotatable bonds is 6. The normalized spacial score (nSPS) is 10.6. The first-order valence-corrected chi connectivity index (χ1v) is 7.72. The molecule has 0 fully saturated rings. The summed E-state index contributed by atoms with van der Waals surface area (Å²) in [6, 6.07) is 14.6. The van der Waals surface area contributed by atoms with Crippen molar-refractivity contribution in [1.29, 1.82) is 0 Å². The molecule has 1 N–H and O–H groups in total. The number of amides is 1. The van der Waals surface area contributed by atoms with Gasteiger partial charge in [-0.15, -0.1) is 0 Å². The van der Waals surface area contributed by atoms with Crippen molar-refractivity contribution in [1.82, 2.24) is 5.32 Å². The van der Waals surface area contributed by atoms with Crippen LogP contribution in [0.3, 0.4) is 0 Å². The lowest BCUT2D eigenvalue weighted by Gasteiger charge is -2.06.